The van der Waals surface area contributed by atoms with E-state index in [1.165, 1.54) is 0 Å². The van der Waals surface area contributed by atoms with Crippen LogP contribution in [-0.2, 0) is 0 Å². The smallest absolute Gasteiger partial charge is 0.259 e. The molecule has 100 valence electrons. The van der Waals surface area contributed by atoms with E-state index < -0.39 is 0 Å². The van der Waals surface area contributed by atoms with E-state index in [4.69, 9.17) is 4.52 Å². The van der Waals surface area contributed by atoms with Crippen LogP contribution < -0.4 is 0 Å². The van der Waals surface area contributed by atoms with Crippen LogP contribution in [0.3, 0.4) is 0 Å². The number of rotatable bonds is 2. The summed E-state index contributed by atoms with van der Waals surface area (Å²) in [5.74, 6) is 0.664. The highest BCUT2D eigenvalue weighted by Gasteiger charge is 2.30. The Morgan fingerprint density at radius 2 is 2.17 bits per heavy atom. The molecule has 1 amide bonds. The third kappa shape index (κ3) is 2.27. The minimum absolute atomic E-state index is 0.0505. The van der Waals surface area contributed by atoms with Gasteiger partial charge in [0.25, 0.3) is 5.91 Å². The van der Waals surface area contributed by atoms with Gasteiger partial charge >= 0.3 is 0 Å². The van der Waals surface area contributed by atoms with Crippen molar-refractivity contribution >= 4 is 5.91 Å². The Kier molecular flexibility index (Phi) is 3.71. The van der Waals surface area contributed by atoms with Crippen LogP contribution in [0.1, 0.15) is 35.7 Å². The van der Waals surface area contributed by atoms with Crippen molar-refractivity contribution in [2.75, 3.05) is 26.2 Å². The summed E-state index contributed by atoms with van der Waals surface area (Å²) < 4.78 is 5.08. The highest BCUT2D eigenvalue weighted by Crippen LogP contribution is 2.19. The number of hydrogen-bond donors (Lipinski definition) is 0. The maximum atomic E-state index is 12.5. The highest BCUT2D eigenvalue weighted by molar-refractivity contribution is 5.96. The lowest BCUT2D eigenvalue weighted by Crippen LogP contribution is -2.53. The lowest BCUT2D eigenvalue weighted by molar-refractivity contribution is 0.0497. The molecule has 18 heavy (non-hydrogen) atoms. The summed E-state index contributed by atoms with van der Waals surface area (Å²) in [6.45, 7) is 11.5. The second-order valence-corrected chi connectivity index (χ2v) is 4.94. The molecule has 1 unspecified atom stereocenters. The van der Waals surface area contributed by atoms with Gasteiger partial charge in [-0.1, -0.05) is 12.1 Å². The molecule has 0 N–H and O–H groups in total. The SMILES string of the molecule is CCN1CCN(C(=O)c2c(C)noc2C)C(C)C1. The minimum atomic E-state index is 0.0505. The number of likely N-dealkylation sites (N-methyl/N-ethyl adjacent to an activating group) is 1. The van der Waals surface area contributed by atoms with E-state index >= 15 is 0 Å². The molecule has 1 aliphatic rings. The average Bonchev–Trinajstić information content (AvgIpc) is 2.68. The fourth-order valence-electron chi connectivity index (χ4n) is 2.55. The number of nitrogens with zero attached hydrogens (tertiary/aromatic N) is 3. The van der Waals surface area contributed by atoms with Gasteiger partial charge in [-0.05, 0) is 27.3 Å². The summed E-state index contributed by atoms with van der Waals surface area (Å²) in [7, 11) is 0. The Balaban J connectivity index is 2.15. The Morgan fingerprint density at radius 1 is 1.44 bits per heavy atom. The van der Waals surface area contributed by atoms with Crippen molar-refractivity contribution in [2.24, 2.45) is 0 Å². The number of amides is 1. The molecule has 1 aliphatic heterocycles. The van der Waals surface area contributed by atoms with E-state index in [2.05, 4.69) is 23.9 Å². The van der Waals surface area contributed by atoms with Crippen molar-refractivity contribution in [2.45, 2.75) is 33.7 Å². The molecule has 1 saturated heterocycles. The molecule has 0 saturated carbocycles. The molecule has 5 heteroatoms. The molecule has 1 atom stereocenters. The topological polar surface area (TPSA) is 49.6 Å². The first-order valence-corrected chi connectivity index (χ1v) is 6.50. The molecular weight excluding hydrogens is 230 g/mol. The van der Waals surface area contributed by atoms with Gasteiger partial charge in [-0.2, -0.15) is 0 Å². The zero-order valence-corrected chi connectivity index (χ0v) is 11.6. The van der Waals surface area contributed by atoms with Gasteiger partial charge in [-0.15, -0.1) is 0 Å². The first-order valence-electron chi connectivity index (χ1n) is 6.50. The number of carbonyl (C=O) groups is 1. The molecule has 1 aromatic heterocycles. The Morgan fingerprint density at radius 3 is 2.67 bits per heavy atom. The molecule has 0 spiro atoms. The van der Waals surface area contributed by atoms with Crippen LogP contribution in [0, 0.1) is 13.8 Å². The molecular formula is C13H21N3O2. The molecule has 1 fully saturated rings. The zero-order valence-electron chi connectivity index (χ0n) is 11.6. The van der Waals surface area contributed by atoms with Crippen molar-refractivity contribution in [3.63, 3.8) is 0 Å². The van der Waals surface area contributed by atoms with Gasteiger partial charge in [0.2, 0.25) is 0 Å². The van der Waals surface area contributed by atoms with Crippen molar-refractivity contribution in [1.29, 1.82) is 0 Å². The fourth-order valence-corrected chi connectivity index (χ4v) is 2.55. The Hall–Kier alpha value is -1.36. The Labute approximate surface area is 108 Å². The largest absolute Gasteiger partial charge is 0.361 e. The third-order valence-electron chi connectivity index (χ3n) is 3.67. The predicted molar refractivity (Wildman–Crippen MR) is 68.6 cm³/mol. The number of carbonyl (C=O) groups excluding carboxylic acids is 1. The average molecular weight is 251 g/mol. The zero-order chi connectivity index (χ0) is 13.3. The third-order valence-corrected chi connectivity index (χ3v) is 3.67. The molecule has 5 nitrogen and oxygen atoms in total. The van der Waals surface area contributed by atoms with Crippen molar-refractivity contribution in [3.05, 3.63) is 17.0 Å². The van der Waals surface area contributed by atoms with Crippen molar-refractivity contribution in [1.82, 2.24) is 15.0 Å². The summed E-state index contributed by atoms with van der Waals surface area (Å²) >= 11 is 0. The van der Waals surface area contributed by atoms with Crippen LogP contribution in [-0.4, -0.2) is 53.1 Å². The van der Waals surface area contributed by atoms with Crippen LogP contribution in [0.5, 0.6) is 0 Å². The maximum Gasteiger partial charge on any atom is 0.259 e. The number of piperazine rings is 1. The van der Waals surface area contributed by atoms with Gasteiger partial charge in [-0.25, -0.2) is 0 Å². The van der Waals surface area contributed by atoms with Crippen LogP contribution in [0.15, 0.2) is 4.52 Å². The molecule has 0 aliphatic carbocycles. The van der Waals surface area contributed by atoms with E-state index in [9.17, 15) is 4.79 Å². The second-order valence-electron chi connectivity index (χ2n) is 4.94. The predicted octanol–water partition coefficient (Wildman–Crippen LogP) is 1.46. The summed E-state index contributed by atoms with van der Waals surface area (Å²) in [4.78, 5) is 16.8. The normalized spacial score (nSPS) is 21.3. The van der Waals surface area contributed by atoms with Crippen molar-refractivity contribution < 1.29 is 9.32 Å². The minimum Gasteiger partial charge on any atom is -0.361 e. The van der Waals surface area contributed by atoms with Gasteiger partial charge in [0.05, 0.1) is 5.69 Å². The van der Waals surface area contributed by atoms with Crippen LogP contribution in [0.4, 0.5) is 0 Å². The molecule has 2 heterocycles. The number of aryl methyl sites for hydroxylation is 2. The van der Waals surface area contributed by atoms with E-state index in [1.54, 1.807) is 6.92 Å². The van der Waals surface area contributed by atoms with E-state index in [-0.39, 0.29) is 11.9 Å². The second kappa shape index (κ2) is 5.10. The van der Waals surface area contributed by atoms with E-state index in [0.717, 1.165) is 26.2 Å². The first-order chi connectivity index (χ1) is 8.54. The van der Waals surface area contributed by atoms with Gasteiger partial charge in [0.1, 0.15) is 11.3 Å². The first kappa shape index (κ1) is 13.1. The molecule has 0 radical (unpaired) electrons. The Bertz CT molecular complexity index is 422. The lowest BCUT2D eigenvalue weighted by Gasteiger charge is -2.39. The molecule has 0 aromatic carbocycles. The summed E-state index contributed by atoms with van der Waals surface area (Å²) in [5.41, 5.74) is 1.31. The standard InChI is InChI=1S/C13H21N3O2/c1-5-15-6-7-16(9(2)8-15)13(17)12-10(3)14-18-11(12)4/h9H,5-8H2,1-4H3. The van der Waals surface area contributed by atoms with Gasteiger partial charge in [-0.3, -0.25) is 9.69 Å². The highest BCUT2D eigenvalue weighted by atomic mass is 16.5. The number of aromatic nitrogens is 1. The van der Waals surface area contributed by atoms with Gasteiger partial charge in [0.15, 0.2) is 0 Å². The molecule has 2 rings (SSSR count). The lowest BCUT2D eigenvalue weighted by atomic mass is 10.1. The molecule has 1 aromatic rings. The number of hydrogen-bond acceptors (Lipinski definition) is 4. The monoisotopic (exact) mass is 251 g/mol. The summed E-state index contributed by atoms with van der Waals surface area (Å²) in [6.07, 6.45) is 0. The van der Waals surface area contributed by atoms with Crippen molar-refractivity contribution in [3.8, 4) is 0 Å². The quantitative estimate of drug-likeness (QED) is 0.798. The summed E-state index contributed by atoms with van der Waals surface area (Å²) in [5, 5.41) is 3.86. The van der Waals surface area contributed by atoms with Gasteiger partial charge < -0.3 is 9.42 Å². The van der Waals surface area contributed by atoms with E-state index in [0.29, 0.717) is 17.0 Å². The van der Waals surface area contributed by atoms with Crippen LogP contribution in [0.25, 0.3) is 0 Å². The van der Waals surface area contributed by atoms with Crippen LogP contribution in [0.2, 0.25) is 0 Å². The van der Waals surface area contributed by atoms with E-state index in [1.807, 2.05) is 11.8 Å². The fraction of sp³-hybridized carbons (Fsp3) is 0.692. The van der Waals surface area contributed by atoms with Crippen LogP contribution >= 0.6 is 0 Å². The maximum absolute atomic E-state index is 12.5. The van der Waals surface area contributed by atoms with Gasteiger partial charge in [0, 0.05) is 25.7 Å². The summed E-state index contributed by atoms with van der Waals surface area (Å²) in [6, 6.07) is 0.236. The molecule has 0 bridgehead atoms.